The van der Waals surface area contributed by atoms with Gasteiger partial charge in [0, 0.05) is 18.3 Å². The molecule has 0 saturated carbocycles. The van der Waals surface area contributed by atoms with Crippen molar-refractivity contribution in [2.75, 3.05) is 23.8 Å². The summed E-state index contributed by atoms with van der Waals surface area (Å²) < 4.78 is 22.5. The molecular weight excluding hydrogens is 232 g/mol. The first kappa shape index (κ1) is 11.3. The van der Waals surface area contributed by atoms with Crippen molar-refractivity contribution in [1.82, 2.24) is 5.32 Å². The number of rotatable bonds is 1. The maximum absolute atomic E-state index is 11.2. The standard InChI is InChI=1S/C9H16N2O2S2/c1-7-4-10-9(14-5-7)11-8-2-3-15(12,13)6-8/h7-8H,2-6H2,1H3,(H,10,11). The number of sulfone groups is 1. The Balaban J connectivity index is 1.88. The molecule has 6 heteroatoms. The minimum Gasteiger partial charge on any atom is -0.361 e. The van der Waals surface area contributed by atoms with E-state index in [2.05, 4.69) is 17.2 Å². The summed E-state index contributed by atoms with van der Waals surface area (Å²) in [5.41, 5.74) is 0. The third-order valence-corrected chi connectivity index (χ3v) is 5.64. The minimum absolute atomic E-state index is 0.0784. The van der Waals surface area contributed by atoms with Gasteiger partial charge < -0.3 is 5.32 Å². The zero-order valence-corrected chi connectivity index (χ0v) is 10.4. The Bertz CT molecular complexity index is 364. The van der Waals surface area contributed by atoms with Crippen LogP contribution in [0.3, 0.4) is 0 Å². The van der Waals surface area contributed by atoms with E-state index in [9.17, 15) is 8.42 Å². The topological polar surface area (TPSA) is 58.5 Å². The molecule has 1 fully saturated rings. The first-order chi connectivity index (χ1) is 7.05. The Morgan fingerprint density at radius 1 is 1.53 bits per heavy atom. The smallest absolute Gasteiger partial charge is 0.156 e. The van der Waals surface area contributed by atoms with Gasteiger partial charge in [-0.1, -0.05) is 18.7 Å². The number of amidine groups is 1. The van der Waals surface area contributed by atoms with Gasteiger partial charge in [-0.05, 0) is 12.3 Å². The molecule has 0 aromatic carbocycles. The summed E-state index contributed by atoms with van der Waals surface area (Å²) in [5.74, 6) is 2.29. The fourth-order valence-corrected chi connectivity index (χ4v) is 4.37. The SMILES string of the molecule is CC1CN=C(NC2CCS(=O)(=O)C2)SC1. The average Bonchev–Trinajstić information content (AvgIpc) is 2.50. The monoisotopic (exact) mass is 248 g/mol. The van der Waals surface area contributed by atoms with Gasteiger partial charge in [-0.15, -0.1) is 0 Å². The highest BCUT2D eigenvalue weighted by Crippen LogP contribution is 2.18. The molecule has 15 heavy (non-hydrogen) atoms. The van der Waals surface area contributed by atoms with E-state index in [-0.39, 0.29) is 11.8 Å². The van der Waals surface area contributed by atoms with Crippen molar-refractivity contribution < 1.29 is 8.42 Å². The van der Waals surface area contributed by atoms with Crippen LogP contribution in [0.4, 0.5) is 0 Å². The Hall–Kier alpha value is -0.230. The van der Waals surface area contributed by atoms with Crippen LogP contribution in [0.1, 0.15) is 13.3 Å². The van der Waals surface area contributed by atoms with Crippen LogP contribution >= 0.6 is 11.8 Å². The molecule has 0 aromatic heterocycles. The highest BCUT2D eigenvalue weighted by atomic mass is 32.2. The molecule has 4 nitrogen and oxygen atoms in total. The molecule has 2 rings (SSSR count). The van der Waals surface area contributed by atoms with E-state index < -0.39 is 9.84 Å². The van der Waals surface area contributed by atoms with Crippen molar-refractivity contribution in [2.24, 2.45) is 10.9 Å². The number of hydrogen-bond donors (Lipinski definition) is 1. The summed E-state index contributed by atoms with van der Waals surface area (Å²) in [6, 6.07) is 0.0784. The lowest BCUT2D eigenvalue weighted by Crippen LogP contribution is -2.36. The molecule has 0 aliphatic carbocycles. The molecule has 2 aliphatic rings. The van der Waals surface area contributed by atoms with E-state index in [1.54, 1.807) is 11.8 Å². The van der Waals surface area contributed by atoms with Gasteiger partial charge in [0.15, 0.2) is 15.0 Å². The van der Waals surface area contributed by atoms with E-state index in [1.807, 2.05) is 0 Å². The lowest BCUT2D eigenvalue weighted by Gasteiger charge is -2.20. The summed E-state index contributed by atoms with van der Waals surface area (Å²) >= 11 is 1.70. The fraction of sp³-hybridized carbons (Fsp3) is 0.889. The first-order valence-electron chi connectivity index (χ1n) is 5.19. The Morgan fingerprint density at radius 3 is 2.87 bits per heavy atom. The van der Waals surface area contributed by atoms with Crippen LogP contribution in [0.2, 0.25) is 0 Å². The second-order valence-corrected chi connectivity index (χ2v) is 7.54. The van der Waals surface area contributed by atoms with E-state index in [4.69, 9.17) is 0 Å². The molecule has 2 aliphatic heterocycles. The van der Waals surface area contributed by atoms with Gasteiger partial charge in [0.25, 0.3) is 0 Å². The number of aliphatic imine (C=N–C) groups is 1. The second-order valence-electron chi connectivity index (χ2n) is 4.31. The zero-order valence-electron chi connectivity index (χ0n) is 8.77. The van der Waals surface area contributed by atoms with Crippen molar-refractivity contribution in [3.8, 4) is 0 Å². The van der Waals surface area contributed by atoms with E-state index in [0.717, 1.165) is 23.9 Å². The van der Waals surface area contributed by atoms with Crippen LogP contribution in [-0.2, 0) is 9.84 Å². The molecule has 2 heterocycles. The van der Waals surface area contributed by atoms with Gasteiger partial charge >= 0.3 is 0 Å². The van der Waals surface area contributed by atoms with Gasteiger partial charge in [-0.25, -0.2) is 8.42 Å². The van der Waals surface area contributed by atoms with Gasteiger partial charge in [0.2, 0.25) is 0 Å². The van der Waals surface area contributed by atoms with Gasteiger partial charge in [0.1, 0.15) is 0 Å². The lowest BCUT2D eigenvalue weighted by molar-refractivity contribution is 0.600. The molecule has 86 valence electrons. The van der Waals surface area contributed by atoms with Crippen molar-refractivity contribution in [3.63, 3.8) is 0 Å². The average molecular weight is 248 g/mol. The highest BCUT2D eigenvalue weighted by Gasteiger charge is 2.28. The second kappa shape index (κ2) is 4.33. The zero-order chi connectivity index (χ0) is 10.9. The molecule has 1 saturated heterocycles. The molecule has 2 unspecified atom stereocenters. The van der Waals surface area contributed by atoms with Gasteiger partial charge in [-0.2, -0.15) is 0 Å². The summed E-state index contributed by atoms with van der Waals surface area (Å²) in [4.78, 5) is 4.40. The van der Waals surface area contributed by atoms with Crippen LogP contribution in [0, 0.1) is 5.92 Å². The number of nitrogens with one attached hydrogen (secondary N) is 1. The molecule has 2 atom stereocenters. The minimum atomic E-state index is -2.78. The Labute approximate surface area is 94.8 Å². The summed E-state index contributed by atoms with van der Waals surface area (Å²) in [6.45, 7) is 3.03. The van der Waals surface area contributed by atoms with Crippen LogP contribution in [0.5, 0.6) is 0 Å². The fourth-order valence-electron chi connectivity index (χ4n) is 1.73. The van der Waals surface area contributed by atoms with Crippen molar-refractivity contribution >= 4 is 26.8 Å². The molecule has 0 amide bonds. The van der Waals surface area contributed by atoms with Crippen LogP contribution < -0.4 is 5.32 Å². The third-order valence-electron chi connectivity index (χ3n) is 2.61. The van der Waals surface area contributed by atoms with Crippen LogP contribution in [-0.4, -0.2) is 43.4 Å². The van der Waals surface area contributed by atoms with Crippen LogP contribution in [0.15, 0.2) is 4.99 Å². The van der Waals surface area contributed by atoms with E-state index in [0.29, 0.717) is 11.7 Å². The van der Waals surface area contributed by atoms with E-state index >= 15 is 0 Å². The van der Waals surface area contributed by atoms with Crippen molar-refractivity contribution in [3.05, 3.63) is 0 Å². The Morgan fingerprint density at radius 2 is 2.33 bits per heavy atom. The van der Waals surface area contributed by atoms with Crippen molar-refractivity contribution in [2.45, 2.75) is 19.4 Å². The number of nitrogens with zero attached hydrogens (tertiary/aromatic N) is 1. The molecule has 0 bridgehead atoms. The summed E-state index contributed by atoms with van der Waals surface area (Å²) in [7, 11) is -2.78. The first-order valence-corrected chi connectivity index (χ1v) is 8.00. The number of hydrogen-bond acceptors (Lipinski definition) is 5. The quantitative estimate of drug-likeness (QED) is 0.734. The van der Waals surface area contributed by atoms with Gasteiger partial charge in [-0.3, -0.25) is 4.99 Å². The summed E-state index contributed by atoms with van der Waals surface area (Å²) in [6.07, 6.45) is 0.720. The van der Waals surface area contributed by atoms with Crippen molar-refractivity contribution in [1.29, 1.82) is 0 Å². The van der Waals surface area contributed by atoms with Crippen LogP contribution in [0.25, 0.3) is 0 Å². The maximum atomic E-state index is 11.2. The molecule has 0 aromatic rings. The normalized spacial score (nSPS) is 34.9. The molecule has 0 spiro atoms. The molecule has 0 radical (unpaired) electrons. The predicted molar refractivity (Wildman–Crippen MR) is 64.1 cm³/mol. The third kappa shape index (κ3) is 3.11. The van der Waals surface area contributed by atoms with Gasteiger partial charge in [0.05, 0.1) is 11.5 Å². The maximum Gasteiger partial charge on any atom is 0.156 e. The predicted octanol–water partition coefficient (Wildman–Crippen LogP) is 0.502. The largest absolute Gasteiger partial charge is 0.361 e. The number of thioether (sulfide) groups is 1. The molecular formula is C9H16N2O2S2. The summed E-state index contributed by atoms with van der Waals surface area (Å²) in [5, 5.41) is 4.15. The Kier molecular flexibility index (Phi) is 3.25. The lowest BCUT2D eigenvalue weighted by atomic mass is 10.2. The van der Waals surface area contributed by atoms with E-state index in [1.165, 1.54) is 0 Å². The molecule has 1 N–H and O–H groups in total. The highest BCUT2D eigenvalue weighted by molar-refractivity contribution is 8.13.